The molecule has 0 aromatic heterocycles. The van der Waals surface area contributed by atoms with Crippen LogP contribution in [0.1, 0.15) is 11.1 Å². The molecule has 0 aliphatic heterocycles. The van der Waals surface area contributed by atoms with Gasteiger partial charge in [0, 0.05) is 12.8 Å². The van der Waals surface area contributed by atoms with Gasteiger partial charge in [-0.25, -0.2) is 0 Å². The van der Waals surface area contributed by atoms with Crippen molar-refractivity contribution in [2.45, 2.75) is 12.8 Å². The lowest BCUT2D eigenvalue weighted by Gasteiger charge is -2.05. The monoisotopic (exact) mass is 521 g/mol. The zero-order chi connectivity index (χ0) is 21.1. The minimum Gasteiger partial charge on any atom is -0.493 e. The lowest BCUT2D eigenvalue weighted by atomic mass is 10.2. The van der Waals surface area contributed by atoms with E-state index in [1.54, 1.807) is 0 Å². The van der Waals surface area contributed by atoms with Crippen molar-refractivity contribution in [2.24, 2.45) is 0 Å². The molecule has 156 valence electrons. The van der Waals surface area contributed by atoms with Crippen LogP contribution >= 0.6 is 0 Å². The van der Waals surface area contributed by atoms with Crippen LogP contribution in [0, 0.1) is 7.14 Å². The fraction of sp³-hybridized carbons (Fsp3) is 0.143. The summed E-state index contributed by atoms with van der Waals surface area (Å²) in [6, 6.07) is 38.0. The number of para-hydroxylation sites is 2. The molecule has 0 unspecified atom stereocenters. The Hall–Kier alpha value is -2.79. The average Bonchev–Trinajstić information content (AvgIpc) is 2.83. The van der Waals surface area contributed by atoms with Crippen LogP contribution in [0.2, 0.25) is 0 Å². The minimum absolute atomic E-state index is 0.160. The van der Waals surface area contributed by atoms with Crippen LogP contribution in [0.25, 0.3) is 0 Å². The maximum atomic E-state index is 5.80. The second-order valence-corrected chi connectivity index (χ2v) is 10.2. The standard InChI is InChI=1S/C28H26IO2/c1-3-7-27(8-4-1)30-21-19-23-11-15-25(16-12-23)29-26-17-13-24(14-18-26)20-22-31-28-9-5-2-6-10-28/h1-18H,19-22H2/q+1. The molecule has 0 aliphatic rings. The van der Waals surface area contributed by atoms with Gasteiger partial charge in [-0.05, 0) is 59.7 Å². The largest absolute Gasteiger partial charge is 0.493 e. The number of ether oxygens (including phenoxy) is 2. The summed E-state index contributed by atoms with van der Waals surface area (Å²) in [5, 5.41) is 0. The van der Waals surface area contributed by atoms with E-state index >= 15 is 0 Å². The Morgan fingerprint density at radius 3 is 1.23 bits per heavy atom. The van der Waals surface area contributed by atoms with Crippen molar-refractivity contribution in [2.75, 3.05) is 13.2 Å². The second-order valence-electron chi connectivity index (χ2n) is 7.17. The van der Waals surface area contributed by atoms with Crippen molar-refractivity contribution in [3.05, 3.63) is 127 Å². The van der Waals surface area contributed by atoms with Gasteiger partial charge in [0.2, 0.25) is 0 Å². The Bertz CT molecular complexity index is 943. The maximum absolute atomic E-state index is 5.80. The molecule has 0 heterocycles. The summed E-state index contributed by atoms with van der Waals surface area (Å²) >= 11 is -0.160. The molecule has 0 radical (unpaired) electrons. The van der Waals surface area contributed by atoms with Crippen LogP contribution in [-0.2, 0) is 12.8 Å². The smallest absolute Gasteiger partial charge is 0.357 e. The van der Waals surface area contributed by atoms with Gasteiger partial charge in [-0.1, -0.05) is 60.7 Å². The van der Waals surface area contributed by atoms with E-state index in [-0.39, 0.29) is 21.2 Å². The van der Waals surface area contributed by atoms with Gasteiger partial charge in [0.15, 0.2) is 7.14 Å². The summed E-state index contributed by atoms with van der Waals surface area (Å²) < 4.78 is 14.5. The SMILES string of the molecule is c1ccc(OCCc2ccc([I+]c3ccc(CCOc4ccccc4)cc3)cc2)cc1. The van der Waals surface area contributed by atoms with Gasteiger partial charge < -0.3 is 9.47 Å². The van der Waals surface area contributed by atoms with Crippen LogP contribution in [0.4, 0.5) is 0 Å². The Labute approximate surface area is 195 Å². The molecule has 0 spiro atoms. The highest BCUT2D eigenvalue weighted by Crippen LogP contribution is 2.10. The Morgan fingerprint density at radius 1 is 0.452 bits per heavy atom. The first-order chi connectivity index (χ1) is 15.3. The molecule has 0 amide bonds. The molecule has 4 aromatic rings. The second kappa shape index (κ2) is 11.6. The van der Waals surface area contributed by atoms with E-state index in [4.69, 9.17) is 9.47 Å². The van der Waals surface area contributed by atoms with Crippen molar-refractivity contribution < 1.29 is 30.7 Å². The highest BCUT2D eigenvalue weighted by molar-refractivity contribution is 5.22. The van der Waals surface area contributed by atoms with E-state index in [0.717, 1.165) is 24.3 Å². The minimum atomic E-state index is -0.160. The summed E-state index contributed by atoms with van der Waals surface area (Å²) in [6.45, 7) is 1.40. The van der Waals surface area contributed by atoms with Crippen LogP contribution in [0.5, 0.6) is 11.5 Å². The Kier molecular flexibility index (Phi) is 8.00. The number of halogens is 1. The lowest BCUT2D eigenvalue weighted by Crippen LogP contribution is -3.61. The van der Waals surface area contributed by atoms with E-state index < -0.39 is 0 Å². The molecule has 0 atom stereocenters. The van der Waals surface area contributed by atoms with Crippen LogP contribution < -0.4 is 30.7 Å². The predicted octanol–water partition coefficient (Wildman–Crippen LogP) is 3.06. The van der Waals surface area contributed by atoms with E-state index in [1.165, 1.54) is 18.3 Å². The lowest BCUT2D eigenvalue weighted by molar-refractivity contribution is -0.597. The fourth-order valence-corrected chi connectivity index (χ4v) is 5.32. The molecule has 4 aromatic carbocycles. The van der Waals surface area contributed by atoms with E-state index in [1.807, 2.05) is 60.7 Å². The summed E-state index contributed by atoms with van der Waals surface area (Å²) in [5.74, 6) is 1.86. The van der Waals surface area contributed by atoms with Gasteiger partial charge in [-0.15, -0.1) is 0 Å². The predicted molar refractivity (Wildman–Crippen MR) is 122 cm³/mol. The molecule has 0 bridgehead atoms. The first-order valence-corrected chi connectivity index (χ1v) is 12.7. The first kappa shape index (κ1) is 21.4. The van der Waals surface area contributed by atoms with Gasteiger partial charge in [0.25, 0.3) is 0 Å². The van der Waals surface area contributed by atoms with E-state index in [0.29, 0.717) is 13.2 Å². The van der Waals surface area contributed by atoms with Gasteiger partial charge in [-0.3, -0.25) is 0 Å². The van der Waals surface area contributed by atoms with Gasteiger partial charge in [0.05, 0.1) is 13.2 Å². The molecule has 2 nitrogen and oxygen atoms in total. The van der Waals surface area contributed by atoms with Crippen LogP contribution in [-0.4, -0.2) is 13.2 Å². The zero-order valence-electron chi connectivity index (χ0n) is 17.4. The van der Waals surface area contributed by atoms with Crippen molar-refractivity contribution in [1.29, 1.82) is 0 Å². The van der Waals surface area contributed by atoms with Gasteiger partial charge in [0.1, 0.15) is 11.5 Å². The van der Waals surface area contributed by atoms with Crippen molar-refractivity contribution in [1.82, 2.24) is 0 Å². The quantitative estimate of drug-likeness (QED) is 0.299. The van der Waals surface area contributed by atoms with E-state index in [2.05, 4.69) is 48.5 Å². The number of rotatable bonds is 10. The highest BCUT2D eigenvalue weighted by atomic mass is 127. The molecule has 3 heteroatoms. The molecule has 0 N–H and O–H groups in total. The molecule has 0 fully saturated rings. The maximum Gasteiger partial charge on any atom is 0.357 e. The normalized spacial score (nSPS) is 10.6. The van der Waals surface area contributed by atoms with Crippen molar-refractivity contribution in [3.63, 3.8) is 0 Å². The first-order valence-electron chi connectivity index (χ1n) is 10.5. The summed E-state index contributed by atoms with van der Waals surface area (Å²) in [5.41, 5.74) is 2.63. The fourth-order valence-electron chi connectivity index (χ4n) is 3.16. The van der Waals surface area contributed by atoms with E-state index in [9.17, 15) is 0 Å². The third-order valence-corrected chi connectivity index (χ3v) is 7.53. The molecular formula is C28H26IO2+. The van der Waals surface area contributed by atoms with Crippen LogP contribution in [0.3, 0.4) is 0 Å². The summed E-state index contributed by atoms with van der Waals surface area (Å²) in [6.07, 6.45) is 1.85. The molecule has 0 aliphatic carbocycles. The number of hydrogen-bond donors (Lipinski definition) is 0. The molecule has 4 rings (SSSR count). The van der Waals surface area contributed by atoms with Crippen molar-refractivity contribution in [3.8, 4) is 11.5 Å². The number of benzene rings is 4. The zero-order valence-corrected chi connectivity index (χ0v) is 19.6. The average molecular weight is 521 g/mol. The van der Waals surface area contributed by atoms with Crippen LogP contribution in [0.15, 0.2) is 109 Å². The third-order valence-electron chi connectivity index (χ3n) is 4.85. The highest BCUT2D eigenvalue weighted by Gasteiger charge is 2.15. The van der Waals surface area contributed by atoms with Crippen molar-refractivity contribution >= 4 is 0 Å². The number of hydrogen-bond acceptors (Lipinski definition) is 2. The topological polar surface area (TPSA) is 18.5 Å². The van der Waals surface area contributed by atoms with Gasteiger partial charge in [-0.2, -0.15) is 0 Å². The van der Waals surface area contributed by atoms with Gasteiger partial charge >= 0.3 is 21.2 Å². The Balaban J connectivity index is 1.21. The Morgan fingerprint density at radius 2 is 0.839 bits per heavy atom. The molecule has 31 heavy (non-hydrogen) atoms. The molecular weight excluding hydrogens is 495 g/mol. The molecule has 0 saturated carbocycles. The third kappa shape index (κ3) is 7.14. The summed E-state index contributed by atoms with van der Waals surface area (Å²) in [4.78, 5) is 0. The summed E-state index contributed by atoms with van der Waals surface area (Å²) in [7, 11) is 0. The molecule has 0 saturated heterocycles.